The normalized spacial score (nSPS) is 16.0. The van der Waals surface area contributed by atoms with Crippen LogP contribution in [0.3, 0.4) is 0 Å². The second kappa shape index (κ2) is 7.07. The highest BCUT2D eigenvalue weighted by Crippen LogP contribution is 2.22. The van der Waals surface area contributed by atoms with E-state index in [4.69, 9.17) is 10.5 Å². The number of aryl methyl sites for hydroxylation is 1. The molecule has 23 heavy (non-hydrogen) atoms. The Hall–Kier alpha value is -1.97. The maximum absolute atomic E-state index is 12.7. The van der Waals surface area contributed by atoms with Crippen molar-refractivity contribution in [2.24, 2.45) is 5.73 Å². The number of nitrogens with zero attached hydrogens (tertiary/aromatic N) is 1. The second-order valence-electron chi connectivity index (χ2n) is 5.15. The Morgan fingerprint density at radius 1 is 1.30 bits per heavy atom. The van der Waals surface area contributed by atoms with Crippen LogP contribution >= 0.6 is 0 Å². The molecule has 1 saturated heterocycles. The largest absolute Gasteiger partial charge is 0.379 e. The molecule has 2 rings (SSSR count). The zero-order valence-corrected chi connectivity index (χ0v) is 13.6. The number of primary amides is 1. The fourth-order valence-electron chi connectivity index (χ4n) is 2.21. The first kappa shape index (κ1) is 17.4. The first-order chi connectivity index (χ1) is 10.8. The van der Waals surface area contributed by atoms with Gasteiger partial charge in [0.2, 0.25) is 15.9 Å². The van der Waals surface area contributed by atoms with Gasteiger partial charge >= 0.3 is 0 Å². The van der Waals surface area contributed by atoms with Gasteiger partial charge in [0.25, 0.3) is 5.91 Å². The Bertz CT molecular complexity index is 711. The highest BCUT2D eigenvalue weighted by molar-refractivity contribution is 7.89. The summed E-state index contributed by atoms with van der Waals surface area (Å²) >= 11 is 0. The van der Waals surface area contributed by atoms with E-state index < -0.39 is 21.8 Å². The number of carbonyl (C=O) groups excluding carboxylic acids is 2. The molecule has 0 saturated carbocycles. The molecular weight excluding hydrogens is 322 g/mol. The van der Waals surface area contributed by atoms with E-state index in [0.717, 1.165) is 0 Å². The van der Waals surface area contributed by atoms with Gasteiger partial charge in [-0.2, -0.15) is 4.31 Å². The molecule has 0 spiro atoms. The second-order valence-corrected chi connectivity index (χ2v) is 7.05. The number of ether oxygens (including phenoxy) is 1. The van der Waals surface area contributed by atoms with E-state index in [9.17, 15) is 18.0 Å². The van der Waals surface area contributed by atoms with Gasteiger partial charge in [0.05, 0.1) is 24.7 Å². The number of hydrogen-bond donors (Lipinski definition) is 2. The first-order valence-electron chi connectivity index (χ1n) is 7.07. The number of carbonyl (C=O) groups is 2. The van der Waals surface area contributed by atoms with Crippen LogP contribution in [0, 0.1) is 6.92 Å². The lowest BCUT2D eigenvalue weighted by Gasteiger charge is -2.26. The molecule has 1 heterocycles. The molecule has 0 aromatic heterocycles. The average molecular weight is 341 g/mol. The molecule has 2 amide bonds. The maximum atomic E-state index is 12.7. The number of rotatable bonds is 5. The van der Waals surface area contributed by atoms with E-state index in [1.165, 1.54) is 16.4 Å². The minimum Gasteiger partial charge on any atom is -0.379 e. The monoisotopic (exact) mass is 341 g/mol. The number of amides is 2. The summed E-state index contributed by atoms with van der Waals surface area (Å²) in [5.41, 5.74) is 5.67. The SMILES string of the molecule is Cc1ccc(C(=O)NCC(N)=O)cc1S(=O)(=O)N1CCOCC1. The lowest BCUT2D eigenvalue weighted by molar-refractivity contribution is -0.117. The van der Waals surface area contributed by atoms with E-state index in [-0.39, 0.29) is 30.1 Å². The van der Waals surface area contributed by atoms with E-state index in [0.29, 0.717) is 18.8 Å². The molecule has 126 valence electrons. The molecule has 3 N–H and O–H groups in total. The zero-order valence-electron chi connectivity index (χ0n) is 12.7. The number of morpholine rings is 1. The molecule has 1 aromatic rings. The van der Waals surface area contributed by atoms with Crippen LogP contribution in [0.1, 0.15) is 15.9 Å². The fourth-order valence-corrected chi connectivity index (χ4v) is 3.87. The number of sulfonamides is 1. The van der Waals surface area contributed by atoms with Gasteiger partial charge in [-0.15, -0.1) is 0 Å². The molecule has 0 atom stereocenters. The Morgan fingerprint density at radius 2 is 1.96 bits per heavy atom. The highest BCUT2D eigenvalue weighted by atomic mass is 32.2. The summed E-state index contributed by atoms with van der Waals surface area (Å²) in [6.45, 7) is 2.60. The van der Waals surface area contributed by atoms with Crippen LogP contribution in [0.4, 0.5) is 0 Å². The maximum Gasteiger partial charge on any atom is 0.251 e. The summed E-state index contributed by atoms with van der Waals surface area (Å²) in [5.74, 6) is -1.23. The third-order valence-corrected chi connectivity index (χ3v) is 5.50. The van der Waals surface area contributed by atoms with Gasteiger partial charge in [0.15, 0.2) is 0 Å². The predicted molar refractivity (Wildman–Crippen MR) is 82.3 cm³/mol. The topological polar surface area (TPSA) is 119 Å². The molecule has 1 fully saturated rings. The van der Waals surface area contributed by atoms with Crippen molar-refractivity contribution in [2.45, 2.75) is 11.8 Å². The Labute approximate surface area is 134 Å². The third kappa shape index (κ3) is 4.06. The van der Waals surface area contributed by atoms with Crippen molar-refractivity contribution in [2.75, 3.05) is 32.8 Å². The lowest BCUT2D eigenvalue weighted by Crippen LogP contribution is -2.41. The highest BCUT2D eigenvalue weighted by Gasteiger charge is 2.28. The Kier molecular flexibility index (Phi) is 5.34. The number of nitrogens with two attached hydrogens (primary N) is 1. The van der Waals surface area contributed by atoms with E-state index in [2.05, 4.69) is 5.32 Å². The molecule has 1 aliphatic heterocycles. The van der Waals surface area contributed by atoms with Gasteiger partial charge in [0, 0.05) is 18.7 Å². The van der Waals surface area contributed by atoms with Crippen molar-refractivity contribution in [3.63, 3.8) is 0 Å². The molecule has 1 aromatic carbocycles. The zero-order chi connectivity index (χ0) is 17.0. The van der Waals surface area contributed by atoms with Crippen LogP contribution in [0.25, 0.3) is 0 Å². The third-order valence-electron chi connectivity index (χ3n) is 3.46. The van der Waals surface area contributed by atoms with Crippen LogP contribution in [0.2, 0.25) is 0 Å². The standard InChI is InChI=1S/C14H19N3O5S/c1-10-2-3-11(14(19)16-9-13(15)18)8-12(10)23(20,21)17-4-6-22-7-5-17/h2-3,8H,4-7,9H2,1H3,(H2,15,18)(H,16,19). The van der Waals surface area contributed by atoms with Gasteiger partial charge in [-0.05, 0) is 24.6 Å². The average Bonchev–Trinajstić information content (AvgIpc) is 2.53. The predicted octanol–water partition coefficient (Wildman–Crippen LogP) is -0.769. The summed E-state index contributed by atoms with van der Waals surface area (Å²) in [5, 5.41) is 2.33. The van der Waals surface area contributed by atoms with Crippen LogP contribution in [0.5, 0.6) is 0 Å². The molecule has 1 aliphatic rings. The number of hydrogen-bond acceptors (Lipinski definition) is 5. The molecule has 0 bridgehead atoms. The summed E-state index contributed by atoms with van der Waals surface area (Å²) < 4.78 is 31.9. The van der Waals surface area contributed by atoms with Crippen molar-refractivity contribution < 1.29 is 22.7 Å². The summed E-state index contributed by atoms with van der Waals surface area (Å²) in [7, 11) is -3.70. The minimum atomic E-state index is -3.70. The van der Waals surface area contributed by atoms with Crippen molar-refractivity contribution in [3.8, 4) is 0 Å². The molecule has 0 aliphatic carbocycles. The smallest absolute Gasteiger partial charge is 0.251 e. The summed E-state index contributed by atoms with van der Waals surface area (Å²) in [6, 6.07) is 4.38. The van der Waals surface area contributed by atoms with Gasteiger partial charge in [-0.3, -0.25) is 9.59 Å². The fraction of sp³-hybridized carbons (Fsp3) is 0.429. The van der Waals surface area contributed by atoms with E-state index in [1.54, 1.807) is 13.0 Å². The molecular formula is C14H19N3O5S. The minimum absolute atomic E-state index is 0.0751. The van der Waals surface area contributed by atoms with Gasteiger partial charge < -0.3 is 15.8 Å². The van der Waals surface area contributed by atoms with Crippen molar-refractivity contribution in [1.29, 1.82) is 0 Å². The molecule has 9 heteroatoms. The summed E-state index contributed by atoms with van der Waals surface area (Å²) in [4.78, 5) is 22.8. The van der Waals surface area contributed by atoms with Crippen molar-refractivity contribution >= 4 is 21.8 Å². The quantitative estimate of drug-likeness (QED) is 0.729. The van der Waals surface area contributed by atoms with Gasteiger partial charge in [-0.1, -0.05) is 6.07 Å². The van der Waals surface area contributed by atoms with Crippen LogP contribution in [-0.2, 0) is 19.6 Å². The first-order valence-corrected chi connectivity index (χ1v) is 8.51. The molecule has 8 nitrogen and oxygen atoms in total. The molecule has 0 unspecified atom stereocenters. The van der Waals surface area contributed by atoms with Gasteiger partial charge in [0.1, 0.15) is 0 Å². The van der Waals surface area contributed by atoms with E-state index in [1.807, 2.05) is 0 Å². The Balaban J connectivity index is 2.29. The van der Waals surface area contributed by atoms with Crippen LogP contribution < -0.4 is 11.1 Å². The number of benzene rings is 1. The van der Waals surface area contributed by atoms with Gasteiger partial charge in [-0.25, -0.2) is 8.42 Å². The van der Waals surface area contributed by atoms with Crippen molar-refractivity contribution in [1.82, 2.24) is 9.62 Å². The van der Waals surface area contributed by atoms with Crippen molar-refractivity contribution in [3.05, 3.63) is 29.3 Å². The van der Waals surface area contributed by atoms with Crippen LogP contribution in [-0.4, -0.2) is 57.4 Å². The summed E-state index contributed by atoms with van der Waals surface area (Å²) in [6.07, 6.45) is 0. The Morgan fingerprint density at radius 3 is 2.57 bits per heavy atom. The van der Waals surface area contributed by atoms with Crippen LogP contribution in [0.15, 0.2) is 23.1 Å². The molecule has 0 radical (unpaired) electrons. The van der Waals surface area contributed by atoms with E-state index >= 15 is 0 Å². The lowest BCUT2D eigenvalue weighted by atomic mass is 10.1. The number of nitrogens with one attached hydrogen (secondary N) is 1.